The van der Waals surface area contributed by atoms with Crippen LogP contribution < -0.4 is 5.32 Å². The lowest BCUT2D eigenvalue weighted by Gasteiger charge is -2.27. The summed E-state index contributed by atoms with van der Waals surface area (Å²) in [6.07, 6.45) is 61.3. The molecule has 2 N–H and O–H groups in total. The van der Waals surface area contributed by atoms with Gasteiger partial charge in [-0.05, 0) is 63.9 Å². The summed E-state index contributed by atoms with van der Waals surface area (Å²) >= 11 is 0. The number of unbranched alkanes of at least 4 members (excludes halogenated alkanes) is 35. The van der Waals surface area contributed by atoms with Crippen molar-refractivity contribution in [2.45, 2.75) is 303 Å². The minimum atomic E-state index is -4.44. The number of carbonyl (C=O) groups excluding carboxylic acids is 2. The van der Waals surface area contributed by atoms with E-state index in [4.69, 9.17) is 13.8 Å². The molecule has 0 aromatic heterocycles. The van der Waals surface area contributed by atoms with Crippen LogP contribution in [0.3, 0.4) is 0 Å². The molecule has 0 aliphatic heterocycles. The fraction of sp³-hybridized carbons (Fsp3) is 0.869. The number of phosphoric acid groups is 1. The molecule has 0 aliphatic rings. The zero-order chi connectivity index (χ0) is 52.2. The third-order valence-electron chi connectivity index (χ3n) is 13.6. The van der Waals surface area contributed by atoms with Crippen LogP contribution in [0.5, 0.6) is 0 Å². The summed E-state index contributed by atoms with van der Waals surface area (Å²) in [5, 5.41) is 3.05. The standard InChI is InChI=1S/C61H117N2O7P/c1-7-10-13-16-19-22-25-27-28-29-30-31-32-33-34-36-39-42-45-48-51-54-61(65)70-59(52-49-46-43-40-38-35-26-23-20-17-14-11-8-2)58(57-69-71(66,67)68-56-55-63(4,5)6)62-60(64)53-50-47-44-41-37-24-21-18-15-12-9-3/h19,22,27-28,49,52,58-59H,7-18,20-21,23-26,29-48,50-51,53-57H2,1-6H3,(H-,62,64,66,67)/p+1/b22-19-,28-27-,52-49-. The first-order valence-electron chi connectivity index (χ1n) is 30.3. The van der Waals surface area contributed by atoms with Crippen LogP contribution in [0.4, 0.5) is 0 Å². The second kappa shape index (κ2) is 51.7. The Morgan fingerprint density at radius 2 is 0.859 bits per heavy atom. The van der Waals surface area contributed by atoms with Gasteiger partial charge in [-0.15, -0.1) is 0 Å². The van der Waals surface area contributed by atoms with Gasteiger partial charge >= 0.3 is 13.8 Å². The Labute approximate surface area is 440 Å². The van der Waals surface area contributed by atoms with Crippen molar-refractivity contribution in [1.29, 1.82) is 0 Å². The second-order valence-corrected chi connectivity index (χ2v) is 23.3. The Hall–Kier alpha value is -1.77. The van der Waals surface area contributed by atoms with Crippen molar-refractivity contribution >= 4 is 19.7 Å². The summed E-state index contributed by atoms with van der Waals surface area (Å²) in [5.74, 6) is -0.497. The number of likely N-dealkylation sites (N-methyl/N-ethyl adjacent to an activating group) is 1. The number of hydrogen-bond donors (Lipinski definition) is 2. The first kappa shape index (κ1) is 69.2. The quantitative estimate of drug-likeness (QED) is 0.0205. The molecule has 0 radical (unpaired) electrons. The molecule has 3 atom stereocenters. The molecular weight excluding hydrogens is 904 g/mol. The Morgan fingerprint density at radius 3 is 1.30 bits per heavy atom. The van der Waals surface area contributed by atoms with E-state index < -0.39 is 20.0 Å². The van der Waals surface area contributed by atoms with Crippen molar-refractivity contribution in [2.24, 2.45) is 0 Å². The lowest BCUT2D eigenvalue weighted by atomic mass is 10.0. The molecule has 418 valence electrons. The van der Waals surface area contributed by atoms with Crippen molar-refractivity contribution < 1.29 is 37.3 Å². The van der Waals surface area contributed by atoms with Gasteiger partial charge in [0.15, 0.2) is 0 Å². The van der Waals surface area contributed by atoms with Crippen molar-refractivity contribution in [3.63, 3.8) is 0 Å². The number of hydrogen-bond acceptors (Lipinski definition) is 6. The number of ether oxygens (including phenoxy) is 1. The molecule has 0 aromatic carbocycles. The van der Waals surface area contributed by atoms with E-state index in [1.807, 2.05) is 33.3 Å². The third-order valence-corrected chi connectivity index (χ3v) is 14.6. The van der Waals surface area contributed by atoms with E-state index in [0.29, 0.717) is 23.9 Å². The van der Waals surface area contributed by atoms with Crippen LogP contribution in [0.1, 0.15) is 290 Å². The number of quaternary nitrogens is 1. The minimum absolute atomic E-state index is 0.0423. The van der Waals surface area contributed by atoms with Gasteiger partial charge in [-0.3, -0.25) is 18.6 Å². The van der Waals surface area contributed by atoms with Gasteiger partial charge in [-0.2, -0.15) is 0 Å². The topological polar surface area (TPSA) is 111 Å². The minimum Gasteiger partial charge on any atom is -0.456 e. The highest BCUT2D eigenvalue weighted by Gasteiger charge is 2.30. The molecule has 0 heterocycles. The predicted molar refractivity (Wildman–Crippen MR) is 305 cm³/mol. The van der Waals surface area contributed by atoms with E-state index >= 15 is 0 Å². The predicted octanol–water partition coefficient (Wildman–Crippen LogP) is 18.3. The number of allylic oxidation sites excluding steroid dienone is 5. The molecule has 3 unspecified atom stereocenters. The molecule has 9 nitrogen and oxygen atoms in total. The van der Waals surface area contributed by atoms with Gasteiger partial charge < -0.3 is 19.4 Å². The average Bonchev–Trinajstić information content (AvgIpc) is 3.33. The third kappa shape index (κ3) is 52.9. The summed E-state index contributed by atoms with van der Waals surface area (Å²) in [4.78, 5) is 37.6. The van der Waals surface area contributed by atoms with Gasteiger partial charge in [-0.1, -0.05) is 250 Å². The number of amides is 1. The smallest absolute Gasteiger partial charge is 0.456 e. The molecular formula is C61H118N2O7P+. The van der Waals surface area contributed by atoms with Crippen molar-refractivity contribution in [1.82, 2.24) is 5.32 Å². The van der Waals surface area contributed by atoms with E-state index in [2.05, 4.69) is 50.4 Å². The first-order valence-corrected chi connectivity index (χ1v) is 31.8. The fourth-order valence-corrected chi connectivity index (χ4v) is 9.59. The Bertz CT molecular complexity index is 1310. The van der Waals surface area contributed by atoms with E-state index in [1.165, 1.54) is 193 Å². The molecule has 0 aliphatic carbocycles. The molecule has 71 heavy (non-hydrogen) atoms. The summed E-state index contributed by atoms with van der Waals surface area (Å²) in [7, 11) is 1.51. The summed E-state index contributed by atoms with van der Waals surface area (Å²) in [6, 6.07) is -0.843. The van der Waals surface area contributed by atoms with Gasteiger partial charge in [0.1, 0.15) is 19.3 Å². The molecule has 10 heteroatoms. The summed E-state index contributed by atoms with van der Waals surface area (Å²) < 4.78 is 30.6. The fourth-order valence-electron chi connectivity index (χ4n) is 8.85. The van der Waals surface area contributed by atoms with Gasteiger partial charge in [-0.25, -0.2) is 4.57 Å². The van der Waals surface area contributed by atoms with Gasteiger partial charge in [0.2, 0.25) is 5.91 Å². The van der Waals surface area contributed by atoms with Crippen LogP contribution in [-0.4, -0.2) is 74.3 Å². The molecule has 1 amide bonds. The Kier molecular flexibility index (Phi) is 50.4. The molecule has 0 rings (SSSR count). The van der Waals surface area contributed by atoms with E-state index in [1.54, 1.807) is 0 Å². The molecule has 0 aromatic rings. The Balaban J connectivity index is 5.20. The van der Waals surface area contributed by atoms with Gasteiger partial charge in [0.05, 0.1) is 33.8 Å². The molecule has 0 bridgehead atoms. The number of carbonyl (C=O) groups is 2. The number of nitrogens with zero attached hydrogens (tertiary/aromatic N) is 1. The summed E-state index contributed by atoms with van der Waals surface area (Å²) in [5.41, 5.74) is 0. The van der Waals surface area contributed by atoms with Crippen LogP contribution in [0, 0.1) is 0 Å². The number of rotatable bonds is 55. The normalized spacial score (nSPS) is 14.0. The van der Waals surface area contributed by atoms with E-state index in [-0.39, 0.29) is 25.1 Å². The van der Waals surface area contributed by atoms with Crippen molar-refractivity contribution in [3.05, 3.63) is 36.5 Å². The SMILES string of the molecule is CCCCC/C=C\C/C=C\CCCCCCCCCCCCCC(=O)OC(/C=C\CCCCCCCCCCCCC)C(COP(=O)(O)OCC[N+](C)(C)C)NC(=O)CCCCCCCCCCCCC. The zero-order valence-electron chi connectivity index (χ0n) is 47.7. The molecule has 0 spiro atoms. The van der Waals surface area contributed by atoms with Crippen LogP contribution in [0.25, 0.3) is 0 Å². The molecule has 0 saturated carbocycles. The lowest BCUT2D eigenvalue weighted by Crippen LogP contribution is -2.47. The summed E-state index contributed by atoms with van der Waals surface area (Å²) in [6.45, 7) is 7.00. The van der Waals surface area contributed by atoms with Crippen LogP contribution in [0.15, 0.2) is 36.5 Å². The highest BCUT2D eigenvalue weighted by molar-refractivity contribution is 7.47. The van der Waals surface area contributed by atoms with Crippen LogP contribution >= 0.6 is 7.82 Å². The maximum absolute atomic E-state index is 13.5. The van der Waals surface area contributed by atoms with Gasteiger partial charge in [0.25, 0.3) is 0 Å². The molecule has 0 fully saturated rings. The highest BCUT2D eigenvalue weighted by Crippen LogP contribution is 2.43. The van der Waals surface area contributed by atoms with Crippen molar-refractivity contribution in [3.8, 4) is 0 Å². The maximum atomic E-state index is 13.5. The van der Waals surface area contributed by atoms with E-state index in [0.717, 1.165) is 64.2 Å². The lowest BCUT2D eigenvalue weighted by molar-refractivity contribution is -0.870. The number of nitrogens with one attached hydrogen (secondary N) is 1. The van der Waals surface area contributed by atoms with Gasteiger partial charge in [0, 0.05) is 12.8 Å². The maximum Gasteiger partial charge on any atom is 0.472 e. The first-order chi connectivity index (χ1) is 34.4. The second-order valence-electron chi connectivity index (χ2n) is 21.9. The highest BCUT2D eigenvalue weighted by atomic mass is 31.2. The van der Waals surface area contributed by atoms with Crippen LogP contribution in [-0.2, 0) is 27.9 Å². The number of phosphoric ester groups is 1. The van der Waals surface area contributed by atoms with E-state index in [9.17, 15) is 19.0 Å². The zero-order valence-corrected chi connectivity index (χ0v) is 48.6. The monoisotopic (exact) mass is 1020 g/mol. The molecule has 0 saturated heterocycles. The van der Waals surface area contributed by atoms with Crippen LogP contribution in [0.2, 0.25) is 0 Å². The average molecular weight is 1020 g/mol. The Morgan fingerprint density at radius 1 is 0.493 bits per heavy atom. The van der Waals surface area contributed by atoms with Crippen molar-refractivity contribution in [2.75, 3.05) is 40.9 Å². The largest absolute Gasteiger partial charge is 0.472 e. The number of esters is 1.